The molecule has 1 saturated carbocycles. The van der Waals surface area contributed by atoms with E-state index in [0.717, 1.165) is 44.6 Å². The average molecular weight is 290 g/mol. The van der Waals surface area contributed by atoms with Crippen LogP contribution in [0.5, 0.6) is 5.75 Å². The lowest BCUT2D eigenvalue weighted by Gasteiger charge is -2.27. The van der Waals surface area contributed by atoms with Gasteiger partial charge < -0.3 is 10.1 Å². The van der Waals surface area contributed by atoms with E-state index in [1.54, 1.807) is 0 Å². The minimum atomic E-state index is 0.787. The molecule has 118 valence electrons. The zero-order valence-electron chi connectivity index (χ0n) is 13.6. The third kappa shape index (κ3) is 5.33. The van der Waals surface area contributed by atoms with Gasteiger partial charge in [0, 0.05) is 19.1 Å². The van der Waals surface area contributed by atoms with E-state index in [4.69, 9.17) is 4.74 Å². The molecule has 2 rings (SSSR count). The van der Waals surface area contributed by atoms with E-state index in [0.29, 0.717) is 0 Å². The van der Waals surface area contributed by atoms with Crippen molar-refractivity contribution in [1.82, 2.24) is 10.2 Å². The summed E-state index contributed by atoms with van der Waals surface area (Å²) >= 11 is 0. The largest absolute Gasteiger partial charge is 0.492 e. The van der Waals surface area contributed by atoms with Crippen LogP contribution in [0.1, 0.15) is 45.1 Å². The number of benzene rings is 1. The normalized spacial score (nSPS) is 15.8. The van der Waals surface area contributed by atoms with Crippen molar-refractivity contribution in [1.29, 1.82) is 0 Å². The van der Waals surface area contributed by atoms with E-state index in [-0.39, 0.29) is 0 Å². The molecule has 1 aliphatic carbocycles. The first kappa shape index (κ1) is 16.3. The van der Waals surface area contributed by atoms with Gasteiger partial charge in [0.2, 0.25) is 0 Å². The van der Waals surface area contributed by atoms with Gasteiger partial charge in [-0.2, -0.15) is 0 Å². The second-order valence-corrected chi connectivity index (χ2v) is 5.84. The second-order valence-electron chi connectivity index (χ2n) is 5.84. The molecule has 0 amide bonds. The van der Waals surface area contributed by atoms with Crippen molar-refractivity contribution in [3.63, 3.8) is 0 Å². The summed E-state index contributed by atoms with van der Waals surface area (Å²) in [5, 5.41) is 3.35. The van der Waals surface area contributed by atoms with Gasteiger partial charge >= 0.3 is 0 Å². The third-order valence-electron chi connectivity index (χ3n) is 4.37. The highest BCUT2D eigenvalue weighted by Gasteiger charge is 2.20. The Balaban J connectivity index is 1.76. The molecule has 0 saturated heterocycles. The summed E-state index contributed by atoms with van der Waals surface area (Å²) in [6.45, 7) is 9.26. The lowest BCUT2D eigenvalue weighted by molar-refractivity contribution is 0.167. The van der Waals surface area contributed by atoms with Crippen molar-refractivity contribution in [2.75, 3.05) is 26.2 Å². The predicted octanol–water partition coefficient (Wildman–Crippen LogP) is 3.44. The minimum absolute atomic E-state index is 0.787. The summed E-state index contributed by atoms with van der Waals surface area (Å²) < 4.78 is 5.95. The number of ether oxygens (including phenoxy) is 1. The molecule has 0 radical (unpaired) electrons. The van der Waals surface area contributed by atoms with Gasteiger partial charge in [0.15, 0.2) is 0 Å². The molecule has 1 aromatic rings. The Labute approximate surface area is 129 Å². The predicted molar refractivity (Wildman–Crippen MR) is 88.8 cm³/mol. The van der Waals surface area contributed by atoms with Crippen LogP contribution in [0.25, 0.3) is 0 Å². The maximum absolute atomic E-state index is 5.95. The van der Waals surface area contributed by atoms with Gasteiger partial charge in [0.1, 0.15) is 12.4 Å². The molecular weight excluding hydrogens is 260 g/mol. The molecule has 0 aliphatic heterocycles. The zero-order chi connectivity index (χ0) is 14.9. The molecule has 1 fully saturated rings. The SMILES string of the molecule is CCNCc1cccc(OCCN(CC)C2CCCC2)c1. The van der Waals surface area contributed by atoms with E-state index >= 15 is 0 Å². The fourth-order valence-electron chi connectivity index (χ4n) is 3.16. The second kappa shape index (κ2) is 9.06. The van der Waals surface area contributed by atoms with Crippen molar-refractivity contribution in [2.24, 2.45) is 0 Å². The van der Waals surface area contributed by atoms with Crippen LogP contribution >= 0.6 is 0 Å². The molecule has 0 heterocycles. The summed E-state index contributed by atoms with van der Waals surface area (Å²) in [6, 6.07) is 9.22. The van der Waals surface area contributed by atoms with Crippen LogP contribution in [0, 0.1) is 0 Å². The quantitative estimate of drug-likeness (QED) is 0.754. The number of likely N-dealkylation sites (N-methyl/N-ethyl adjacent to an activating group) is 1. The first-order valence-electron chi connectivity index (χ1n) is 8.50. The van der Waals surface area contributed by atoms with Crippen molar-refractivity contribution in [3.8, 4) is 5.75 Å². The molecule has 0 unspecified atom stereocenters. The van der Waals surface area contributed by atoms with E-state index < -0.39 is 0 Å². The Hall–Kier alpha value is -1.06. The number of hydrogen-bond acceptors (Lipinski definition) is 3. The molecule has 3 heteroatoms. The smallest absolute Gasteiger partial charge is 0.119 e. The Morgan fingerprint density at radius 1 is 1.24 bits per heavy atom. The summed E-state index contributed by atoms with van der Waals surface area (Å²) in [4.78, 5) is 2.58. The third-order valence-corrected chi connectivity index (χ3v) is 4.37. The van der Waals surface area contributed by atoms with Crippen molar-refractivity contribution in [2.45, 2.75) is 52.1 Å². The van der Waals surface area contributed by atoms with E-state index in [1.165, 1.54) is 31.2 Å². The maximum Gasteiger partial charge on any atom is 0.119 e. The van der Waals surface area contributed by atoms with Crippen LogP contribution < -0.4 is 10.1 Å². The Morgan fingerprint density at radius 3 is 2.76 bits per heavy atom. The summed E-state index contributed by atoms with van der Waals surface area (Å²) in [6.07, 6.45) is 5.53. The van der Waals surface area contributed by atoms with Gasteiger partial charge in [-0.3, -0.25) is 4.90 Å². The number of nitrogens with zero attached hydrogens (tertiary/aromatic N) is 1. The number of hydrogen-bond donors (Lipinski definition) is 1. The Morgan fingerprint density at radius 2 is 2.05 bits per heavy atom. The monoisotopic (exact) mass is 290 g/mol. The van der Waals surface area contributed by atoms with Crippen LogP contribution in [0.2, 0.25) is 0 Å². The molecule has 3 nitrogen and oxygen atoms in total. The molecule has 1 aromatic carbocycles. The van der Waals surface area contributed by atoms with Gasteiger partial charge in [-0.25, -0.2) is 0 Å². The highest BCUT2D eigenvalue weighted by Crippen LogP contribution is 2.23. The average Bonchev–Trinajstić information content (AvgIpc) is 3.04. The molecule has 0 spiro atoms. The van der Waals surface area contributed by atoms with Gasteiger partial charge in [0.05, 0.1) is 0 Å². The first-order valence-corrected chi connectivity index (χ1v) is 8.50. The number of nitrogens with one attached hydrogen (secondary N) is 1. The standard InChI is InChI=1S/C18H30N2O/c1-3-19-15-16-8-7-11-18(14-16)21-13-12-20(4-2)17-9-5-6-10-17/h7-8,11,14,17,19H,3-6,9-10,12-13,15H2,1-2H3. The van der Waals surface area contributed by atoms with Gasteiger partial charge in [0.25, 0.3) is 0 Å². The van der Waals surface area contributed by atoms with Crippen LogP contribution in [0.3, 0.4) is 0 Å². The fourth-order valence-corrected chi connectivity index (χ4v) is 3.16. The lowest BCUT2D eigenvalue weighted by Crippen LogP contribution is -2.36. The zero-order valence-corrected chi connectivity index (χ0v) is 13.6. The lowest BCUT2D eigenvalue weighted by atomic mass is 10.2. The van der Waals surface area contributed by atoms with Crippen molar-refractivity contribution >= 4 is 0 Å². The van der Waals surface area contributed by atoms with Crippen LogP contribution in [-0.2, 0) is 6.54 Å². The molecule has 0 atom stereocenters. The molecule has 0 aromatic heterocycles. The van der Waals surface area contributed by atoms with Crippen LogP contribution in [-0.4, -0.2) is 37.2 Å². The Kier molecular flexibility index (Phi) is 7.04. The number of rotatable bonds is 9. The highest BCUT2D eigenvalue weighted by molar-refractivity contribution is 5.28. The van der Waals surface area contributed by atoms with Gasteiger partial charge in [-0.1, -0.05) is 38.8 Å². The summed E-state index contributed by atoms with van der Waals surface area (Å²) in [5.41, 5.74) is 1.29. The fraction of sp³-hybridized carbons (Fsp3) is 0.667. The van der Waals surface area contributed by atoms with Crippen molar-refractivity contribution in [3.05, 3.63) is 29.8 Å². The Bertz CT molecular complexity index is 402. The minimum Gasteiger partial charge on any atom is -0.492 e. The highest BCUT2D eigenvalue weighted by atomic mass is 16.5. The van der Waals surface area contributed by atoms with Crippen LogP contribution in [0.4, 0.5) is 0 Å². The van der Waals surface area contributed by atoms with E-state index in [1.807, 2.05) is 0 Å². The van der Waals surface area contributed by atoms with Crippen molar-refractivity contribution < 1.29 is 4.74 Å². The molecule has 1 N–H and O–H groups in total. The molecule has 21 heavy (non-hydrogen) atoms. The first-order chi connectivity index (χ1) is 10.3. The van der Waals surface area contributed by atoms with E-state index in [2.05, 4.69) is 48.3 Å². The van der Waals surface area contributed by atoms with Crippen LogP contribution in [0.15, 0.2) is 24.3 Å². The molecule has 1 aliphatic rings. The molecule has 0 bridgehead atoms. The van der Waals surface area contributed by atoms with E-state index in [9.17, 15) is 0 Å². The topological polar surface area (TPSA) is 24.5 Å². The van der Waals surface area contributed by atoms with Gasteiger partial charge in [-0.15, -0.1) is 0 Å². The molecular formula is C18H30N2O. The summed E-state index contributed by atoms with van der Waals surface area (Å²) in [5.74, 6) is 0.993. The maximum atomic E-state index is 5.95. The summed E-state index contributed by atoms with van der Waals surface area (Å²) in [7, 11) is 0. The van der Waals surface area contributed by atoms with Gasteiger partial charge in [-0.05, 0) is 43.6 Å².